The standard InChI is InChI=1S/C19H27N3O3/c1-4-22(5-2)11-7-10-20-19(24)16-13-21-17-9-8-14(25-6-3)12-15(17)18(16)23/h8-9,12-13H,4-7,10-11H2,1-3H3,(H,20,24)(H,21,23). The van der Waals surface area contributed by atoms with Crippen molar-refractivity contribution in [3.05, 3.63) is 40.2 Å². The summed E-state index contributed by atoms with van der Waals surface area (Å²) in [6.07, 6.45) is 2.33. The lowest BCUT2D eigenvalue weighted by Gasteiger charge is -2.17. The van der Waals surface area contributed by atoms with Gasteiger partial charge in [0.05, 0.1) is 6.61 Å². The molecule has 2 N–H and O–H groups in total. The average molecular weight is 345 g/mol. The predicted molar refractivity (Wildman–Crippen MR) is 100 cm³/mol. The van der Waals surface area contributed by atoms with E-state index in [9.17, 15) is 9.59 Å². The van der Waals surface area contributed by atoms with Crippen LogP contribution in [0.4, 0.5) is 0 Å². The molecule has 0 fully saturated rings. The SMILES string of the molecule is CCOc1ccc2[nH]cc(C(=O)NCCCN(CC)CC)c(=O)c2c1. The van der Waals surface area contributed by atoms with Gasteiger partial charge in [0.25, 0.3) is 5.91 Å². The van der Waals surface area contributed by atoms with Gasteiger partial charge in [0.1, 0.15) is 11.3 Å². The molecule has 1 aromatic carbocycles. The van der Waals surface area contributed by atoms with Gasteiger partial charge in [-0.1, -0.05) is 13.8 Å². The molecule has 2 rings (SSSR count). The molecular weight excluding hydrogens is 318 g/mol. The second-order valence-electron chi connectivity index (χ2n) is 5.81. The summed E-state index contributed by atoms with van der Waals surface area (Å²) in [6, 6.07) is 5.26. The van der Waals surface area contributed by atoms with Crippen LogP contribution in [0, 0.1) is 0 Å². The highest BCUT2D eigenvalue weighted by Gasteiger charge is 2.13. The molecular formula is C19H27N3O3. The first-order valence-electron chi connectivity index (χ1n) is 8.89. The second kappa shape index (κ2) is 9.22. The van der Waals surface area contributed by atoms with Crippen LogP contribution in [0.3, 0.4) is 0 Å². The molecule has 0 saturated heterocycles. The topological polar surface area (TPSA) is 74.4 Å². The van der Waals surface area contributed by atoms with E-state index in [1.807, 2.05) is 6.92 Å². The monoisotopic (exact) mass is 345 g/mol. The summed E-state index contributed by atoms with van der Waals surface area (Å²) in [6.45, 7) is 10.1. The normalized spacial score (nSPS) is 11.0. The van der Waals surface area contributed by atoms with E-state index in [0.717, 1.165) is 26.1 Å². The van der Waals surface area contributed by atoms with Crippen LogP contribution in [0.5, 0.6) is 5.75 Å². The number of rotatable bonds is 9. The summed E-state index contributed by atoms with van der Waals surface area (Å²) in [4.78, 5) is 30.3. The Labute approximate surface area is 148 Å². The molecule has 136 valence electrons. The summed E-state index contributed by atoms with van der Waals surface area (Å²) >= 11 is 0. The lowest BCUT2D eigenvalue weighted by Crippen LogP contribution is -2.32. The minimum absolute atomic E-state index is 0.129. The highest BCUT2D eigenvalue weighted by atomic mass is 16.5. The maximum atomic E-state index is 12.6. The molecule has 0 bridgehead atoms. The number of aromatic amines is 1. The van der Waals surface area contributed by atoms with E-state index >= 15 is 0 Å². The van der Waals surface area contributed by atoms with Gasteiger partial charge in [-0.3, -0.25) is 9.59 Å². The van der Waals surface area contributed by atoms with Crippen molar-refractivity contribution < 1.29 is 9.53 Å². The number of amides is 1. The van der Waals surface area contributed by atoms with Crippen molar-refractivity contribution in [3.8, 4) is 5.75 Å². The molecule has 0 aliphatic rings. The first kappa shape index (κ1) is 19.0. The fourth-order valence-corrected chi connectivity index (χ4v) is 2.76. The van der Waals surface area contributed by atoms with Gasteiger partial charge in [0.2, 0.25) is 5.43 Å². The van der Waals surface area contributed by atoms with Gasteiger partial charge in [-0.2, -0.15) is 0 Å². The third-order valence-electron chi connectivity index (χ3n) is 4.24. The first-order valence-corrected chi connectivity index (χ1v) is 8.89. The Morgan fingerprint density at radius 1 is 1.24 bits per heavy atom. The third-order valence-corrected chi connectivity index (χ3v) is 4.24. The first-order chi connectivity index (χ1) is 12.1. The van der Waals surface area contributed by atoms with E-state index in [1.165, 1.54) is 6.20 Å². The molecule has 0 saturated carbocycles. The second-order valence-corrected chi connectivity index (χ2v) is 5.81. The number of aromatic nitrogens is 1. The lowest BCUT2D eigenvalue weighted by atomic mass is 10.1. The Balaban J connectivity index is 2.08. The predicted octanol–water partition coefficient (Wildman–Crippen LogP) is 2.39. The van der Waals surface area contributed by atoms with Gasteiger partial charge in [-0.05, 0) is 51.2 Å². The maximum Gasteiger partial charge on any atom is 0.256 e. The number of ether oxygens (including phenoxy) is 1. The molecule has 2 aromatic rings. The van der Waals surface area contributed by atoms with Gasteiger partial charge in [-0.25, -0.2) is 0 Å². The van der Waals surface area contributed by atoms with E-state index in [4.69, 9.17) is 4.74 Å². The van der Waals surface area contributed by atoms with Gasteiger partial charge < -0.3 is 19.9 Å². The summed E-state index contributed by atoms with van der Waals surface area (Å²) in [5, 5.41) is 3.29. The van der Waals surface area contributed by atoms with Crippen molar-refractivity contribution in [3.63, 3.8) is 0 Å². The summed E-state index contributed by atoms with van der Waals surface area (Å²) in [5.41, 5.74) is 0.534. The van der Waals surface area contributed by atoms with Crippen LogP contribution in [-0.2, 0) is 0 Å². The molecule has 1 heterocycles. The zero-order valence-electron chi connectivity index (χ0n) is 15.2. The van der Waals surface area contributed by atoms with Crippen LogP contribution >= 0.6 is 0 Å². The molecule has 25 heavy (non-hydrogen) atoms. The van der Waals surface area contributed by atoms with Crippen LogP contribution < -0.4 is 15.5 Å². The number of pyridine rings is 1. The molecule has 0 aliphatic heterocycles. The number of nitrogens with zero attached hydrogens (tertiary/aromatic N) is 1. The van der Waals surface area contributed by atoms with Crippen LogP contribution in [0.1, 0.15) is 37.6 Å². The van der Waals surface area contributed by atoms with Crippen molar-refractivity contribution in [2.45, 2.75) is 27.2 Å². The molecule has 6 heteroatoms. The Morgan fingerprint density at radius 2 is 2.00 bits per heavy atom. The number of hydrogen-bond donors (Lipinski definition) is 2. The number of nitrogens with one attached hydrogen (secondary N) is 2. The molecule has 0 radical (unpaired) electrons. The van der Waals surface area contributed by atoms with Crippen molar-refractivity contribution >= 4 is 16.8 Å². The van der Waals surface area contributed by atoms with E-state index in [-0.39, 0.29) is 16.9 Å². The molecule has 1 aromatic heterocycles. The number of benzene rings is 1. The van der Waals surface area contributed by atoms with Crippen molar-refractivity contribution in [1.29, 1.82) is 0 Å². The molecule has 0 atom stereocenters. The van der Waals surface area contributed by atoms with E-state index in [2.05, 4.69) is 29.0 Å². The number of H-pyrrole nitrogens is 1. The largest absolute Gasteiger partial charge is 0.494 e. The van der Waals surface area contributed by atoms with Crippen LogP contribution in [0.25, 0.3) is 10.9 Å². The molecule has 6 nitrogen and oxygen atoms in total. The zero-order valence-corrected chi connectivity index (χ0v) is 15.2. The molecule has 1 amide bonds. The summed E-state index contributed by atoms with van der Waals surface area (Å²) in [7, 11) is 0. The Morgan fingerprint density at radius 3 is 2.68 bits per heavy atom. The van der Waals surface area contributed by atoms with Crippen molar-refractivity contribution in [2.24, 2.45) is 0 Å². The molecule has 0 unspecified atom stereocenters. The Bertz CT molecular complexity index is 766. The lowest BCUT2D eigenvalue weighted by molar-refractivity contribution is 0.0950. The summed E-state index contributed by atoms with van der Waals surface area (Å²) in [5.74, 6) is 0.279. The smallest absolute Gasteiger partial charge is 0.256 e. The fourth-order valence-electron chi connectivity index (χ4n) is 2.76. The van der Waals surface area contributed by atoms with E-state index < -0.39 is 0 Å². The minimum Gasteiger partial charge on any atom is -0.494 e. The number of hydrogen-bond acceptors (Lipinski definition) is 4. The summed E-state index contributed by atoms with van der Waals surface area (Å²) < 4.78 is 5.43. The van der Waals surface area contributed by atoms with Gasteiger partial charge in [0, 0.05) is 23.6 Å². The minimum atomic E-state index is -0.343. The van der Waals surface area contributed by atoms with Crippen LogP contribution in [0.15, 0.2) is 29.2 Å². The number of fused-ring (bicyclic) bond motifs is 1. The van der Waals surface area contributed by atoms with E-state index in [1.54, 1.807) is 18.2 Å². The van der Waals surface area contributed by atoms with Crippen molar-refractivity contribution in [1.82, 2.24) is 15.2 Å². The Hall–Kier alpha value is -2.34. The molecule has 0 spiro atoms. The van der Waals surface area contributed by atoms with E-state index in [0.29, 0.717) is 29.8 Å². The molecule has 0 aliphatic carbocycles. The van der Waals surface area contributed by atoms with Crippen LogP contribution in [0.2, 0.25) is 0 Å². The average Bonchev–Trinajstić information content (AvgIpc) is 2.62. The van der Waals surface area contributed by atoms with Gasteiger partial charge in [0.15, 0.2) is 0 Å². The highest BCUT2D eigenvalue weighted by Crippen LogP contribution is 2.17. The maximum absolute atomic E-state index is 12.6. The highest BCUT2D eigenvalue weighted by molar-refractivity contribution is 5.97. The zero-order chi connectivity index (χ0) is 18.2. The van der Waals surface area contributed by atoms with Crippen LogP contribution in [-0.4, -0.2) is 48.6 Å². The van der Waals surface area contributed by atoms with Gasteiger partial charge >= 0.3 is 0 Å². The van der Waals surface area contributed by atoms with Gasteiger partial charge in [-0.15, -0.1) is 0 Å². The number of carbonyl (C=O) groups is 1. The van der Waals surface area contributed by atoms with Crippen molar-refractivity contribution in [2.75, 3.05) is 32.8 Å². The Kier molecular flexibility index (Phi) is 7.01. The quantitative estimate of drug-likeness (QED) is 0.684. The third kappa shape index (κ3) is 4.82. The fraction of sp³-hybridized carbons (Fsp3) is 0.474. The number of carbonyl (C=O) groups excluding carboxylic acids is 1.